The summed E-state index contributed by atoms with van der Waals surface area (Å²) in [5.74, 6) is 1.75. The van der Waals surface area contributed by atoms with Crippen LogP contribution in [0.4, 0.5) is 0 Å². The van der Waals surface area contributed by atoms with Crippen molar-refractivity contribution >= 4 is 17.0 Å². The number of rotatable bonds is 7. The molecule has 0 unspecified atom stereocenters. The van der Waals surface area contributed by atoms with Gasteiger partial charge in [-0.1, -0.05) is 25.1 Å². The topological polar surface area (TPSA) is 73.6 Å². The summed E-state index contributed by atoms with van der Waals surface area (Å²) in [4.78, 5) is 15.7. The van der Waals surface area contributed by atoms with Crippen LogP contribution in [0.2, 0.25) is 0 Å². The summed E-state index contributed by atoms with van der Waals surface area (Å²) in [6.45, 7) is 2.35. The third-order valence-electron chi connectivity index (χ3n) is 4.96. The first-order chi connectivity index (χ1) is 14.5. The summed E-state index contributed by atoms with van der Waals surface area (Å²) >= 11 is 0. The number of aromatic nitrogens is 2. The highest BCUT2D eigenvalue weighted by atomic mass is 16.5. The van der Waals surface area contributed by atoms with Crippen molar-refractivity contribution < 1.29 is 19.4 Å². The van der Waals surface area contributed by atoms with Gasteiger partial charge in [0.1, 0.15) is 29.7 Å². The van der Waals surface area contributed by atoms with Crippen molar-refractivity contribution in [2.24, 2.45) is 7.05 Å². The summed E-state index contributed by atoms with van der Waals surface area (Å²) in [6.07, 6.45) is 0.993. The Morgan fingerprint density at radius 1 is 1.00 bits per heavy atom. The van der Waals surface area contributed by atoms with Crippen molar-refractivity contribution in [1.29, 1.82) is 0 Å². The highest BCUT2D eigenvalue weighted by Gasteiger charge is 2.11. The Kier molecular flexibility index (Phi) is 5.39. The normalized spacial score (nSPS) is 10.9. The van der Waals surface area contributed by atoms with Gasteiger partial charge in [0, 0.05) is 13.1 Å². The second-order valence-electron chi connectivity index (χ2n) is 6.96. The third-order valence-corrected chi connectivity index (χ3v) is 4.96. The highest BCUT2D eigenvalue weighted by Crippen LogP contribution is 2.27. The number of fused-ring (bicyclic) bond motifs is 1. The van der Waals surface area contributed by atoms with Crippen molar-refractivity contribution in [3.8, 4) is 17.2 Å². The van der Waals surface area contributed by atoms with Gasteiger partial charge in [-0.2, -0.15) is 0 Å². The molecule has 0 fully saturated rings. The maximum Gasteiger partial charge on any atom is 0.335 e. The first-order valence-corrected chi connectivity index (χ1v) is 9.72. The molecule has 1 N–H and O–H groups in total. The third kappa shape index (κ3) is 4.12. The number of carbonyl (C=O) groups is 1. The molecule has 0 bridgehead atoms. The van der Waals surface area contributed by atoms with E-state index >= 15 is 0 Å². The van der Waals surface area contributed by atoms with Gasteiger partial charge in [-0.15, -0.1) is 0 Å². The van der Waals surface area contributed by atoms with Gasteiger partial charge in [-0.3, -0.25) is 0 Å². The van der Waals surface area contributed by atoms with Crippen molar-refractivity contribution in [3.63, 3.8) is 0 Å². The summed E-state index contributed by atoms with van der Waals surface area (Å²) in [5, 5.41) is 9.11. The lowest BCUT2D eigenvalue weighted by Crippen LogP contribution is -2.04. The van der Waals surface area contributed by atoms with Crippen LogP contribution < -0.4 is 9.47 Å². The second-order valence-corrected chi connectivity index (χ2v) is 6.96. The minimum absolute atomic E-state index is 0.186. The van der Waals surface area contributed by atoms with Gasteiger partial charge >= 0.3 is 5.97 Å². The van der Waals surface area contributed by atoms with Gasteiger partial charge < -0.3 is 19.1 Å². The smallest absolute Gasteiger partial charge is 0.335 e. The first-order valence-electron chi connectivity index (χ1n) is 9.72. The highest BCUT2D eigenvalue weighted by molar-refractivity contribution is 5.88. The summed E-state index contributed by atoms with van der Waals surface area (Å²) in [6, 6.07) is 20.2. The molecule has 0 spiro atoms. The number of nitrogens with zero attached hydrogens (tertiary/aromatic N) is 2. The molecule has 1 aromatic heterocycles. The van der Waals surface area contributed by atoms with Crippen LogP contribution in [0.25, 0.3) is 11.0 Å². The molecule has 152 valence electrons. The Bertz CT molecular complexity index is 1200. The molecule has 0 aliphatic heterocycles. The molecular weight excluding hydrogens is 380 g/mol. The van der Waals surface area contributed by atoms with Crippen molar-refractivity contribution in [2.45, 2.75) is 20.0 Å². The Balaban J connectivity index is 1.52. The number of hydrogen-bond acceptors (Lipinski definition) is 4. The van der Waals surface area contributed by atoms with E-state index < -0.39 is 5.97 Å². The number of aryl methyl sites for hydroxylation is 2. The van der Waals surface area contributed by atoms with Crippen LogP contribution in [-0.2, 0) is 20.1 Å². The Morgan fingerprint density at radius 3 is 2.50 bits per heavy atom. The fraction of sp³-hybridized carbons (Fsp3) is 0.167. The molecule has 0 radical (unpaired) electrons. The van der Waals surface area contributed by atoms with E-state index in [0.29, 0.717) is 5.75 Å². The lowest BCUT2D eigenvalue weighted by molar-refractivity contribution is 0.0696. The fourth-order valence-electron chi connectivity index (χ4n) is 3.21. The van der Waals surface area contributed by atoms with E-state index in [-0.39, 0.29) is 12.2 Å². The Hall–Kier alpha value is -3.80. The average Bonchev–Trinajstić information content (AvgIpc) is 3.08. The minimum atomic E-state index is -0.986. The van der Waals surface area contributed by atoms with Crippen LogP contribution in [0.5, 0.6) is 17.2 Å². The monoisotopic (exact) mass is 402 g/mol. The average molecular weight is 402 g/mol. The minimum Gasteiger partial charge on any atom is -0.486 e. The van der Waals surface area contributed by atoms with Crippen molar-refractivity contribution in [2.75, 3.05) is 0 Å². The standard InChI is InChI=1S/C24H22N2O4/c1-3-16-7-9-18(10-8-16)30-20-11-12-21-22(14-20)26(2)23(25-21)15-29-19-6-4-5-17(13-19)24(27)28/h4-14H,3,15H2,1-2H3,(H,27,28). The van der Waals surface area contributed by atoms with Gasteiger partial charge in [0.25, 0.3) is 0 Å². The van der Waals surface area contributed by atoms with Crippen LogP contribution in [0.3, 0.4) is 0 Å². The Labute approximate surface area is 174 Å². The van der Waals surface area contributed by atoms with Gasteiger partial charge in [-0.25, -0.2) is 9.78 Å². The van der Waals surface area contributed by atoms with Crippen molar-refractivity contribution in [1.82, 2.24) is 9.55 Å². The summed E-state index contributed by atoms with van der Waals surface area (Å²) in [5.41, 5.74) is 3.22. The van der Waals surface area contributed by atoms with E-state index in [0.717, 1.165) is 34.8 Å². The number of ether oxygens (including phenoxy) is 2. The quantitative estimate of drug-likeness (QED) is 0.460. The predicted molar refractivity (Wildman–Crippen MR) is 114 cm³/mol. The van der Waals surface area contributed by atoms with Crippen LogP contribution in [0, 0.1) is 0 Å². The molecule has 0 aliphatic carbocycles. The molecule has 4 rings (SSSR count). The number of aromatic carboxylic acids is 1. The maximum atomic E-state index is 11.1. The molecule has 30 heavy (non-hydrogen) atoms. The van der Waals surface area contributed by atoms with Gasteiger partial charge in [0.05, 0.1) is 16.6 Å². The number of hydrogen-bond donors (Lipinski definition) is 1. The molecule has 0 aliphatic rings. The van der Waals surface area contributed by atoms with Gasteiger partial charge in [-0.05, 0) is 54.4 Å². The van der Waals surface area contributed by atoms with E-state index in [2.05, 4.69) is 24.0 Å². The zero-order valence-corrected chi connectivity index (χ0v) is 16.8. The molecule has 0 amide bonds. The lowest BCUT2D eigenvalue weighted by atomic mass is 10.2. The molecule has 3 aromatic carbocycles. The molecule has 6 nitrogen and oxygen atoms in total. The van der Waals surface area contributed by atoms with Gasteiger partial charge in [0.15, 0.2) is 0 Å². The summed E-state index contributed by atoms with van der Waals surface area (Å²) < 4.78 is 13.7. The number of carboxylic acid groups (broad SMARTS) is 1. The van der Waals surface area contributed by atoms with Gasteiger partial charge in [0.2, 0.25) is 0 Å². The van der Waals surface area contributed by atoms with Crippen LogP contribution >= 0.6 is 0 Å². The van der Waals surface area contributed by atoms with Crippen LogP contribution in [0.15, 0.2) is 66.7 Å². The zero-order valence-electron chi connectivity index (χ0n) is 16.8. The van der Waals surface area contributed by atoms with Crippen molar-refractivity contribution in [3.05, 3.63) is 83.7 Å². The number of benzene rings is 3. The maximum absolute atomic E-state index is 11.1. The van der Waals surface area contributed by atoms with E-state index in [1.807, 2.05) is 41.9 Å². The van der Waals surface area contributed by atoms with Crippen LogP contribution in [-0.4, -0.2) is 20.6 Å². The molecule has 4 aromatic rings. The zero-order chi connectivity index (χ0) is 21.1. The number of imidazole rings is 1. The molecule has 1 heterocycles. The molecule has 0 saturated heterocycles. The predicted octanol–water partition coefficient (Wildman–Crippen LogP) is 5.21. The largest absolute Gasteiger partial charge is 0.486 e. The van der Waals surface area contributed by atoms with E-state index in [9.17, 15) is 4.79 Å². The Morgan fingerprint density at radius 2 is 1.77 bits per heavy atom. The number of carboxylic acids is 1. The second kappa shape index (κ2) is 8.29. The first kappa shape index (κ1) is 19.5. The van der Waals surface area contributed by atoms with Crippen LogP contribution in [0.1, 0.15) is 28.7 Å². The molecule has 0 saturated carbocycles. The SMILES string of the molecule is CCc1ccc(Oc2ccc3nc(COc4cccc(C(=O)O)c4)n(C)c3c2)cc1. The van der Waals surface area contributed by atoms with E-state index in [1.54, 1.807) is 12.1 Å². The molecule has 6 heteroatoms. The van der Waals surface area contributed by atoms with E-state index in [1.165, 1.54) is 17.7 Å². The molecule has 0 atom stereocenters. The molecular formula is C24H22N2O4. The summed E-state index contributed by atoms with van der Waals surface area (Å²) in [7, 11) is 1.92. The lowest BCUT2D eigenvalue weighted by Gasteiger charge is -2.08. The van der Waals surface area contributed by atoms with E-state index in [4.69, 9.17) is 14.6 Å². The fourth-order valence-corrected chi connectivity index (χ4v) is 3.21.